The van der Waals surface area contributed by atoms with Crippen LogP contribution in [0.25, 0.3) is 10.9 Å². The lowest BCUT2D eigenvalue weighted by molar-refractivity contribution is -0.116. The lowest BCUT2D eigenvalue weighted by Gasteiger charge is -2.14. The van der Waals surface area contributed by atoms with Crippen LogP contribution in [0.1, 0.15) is 26.5 Å². The highest BCUT2D eigenvalue weighted by Gasteiger charge is 2.18. The molecule has 0 radical (unpaired) electrons. The second kappa shape index (κ2) is 6.16. The first-order valence-corrected chi connectivity index (χ1v) is 8.43. The molecule has 0 saturated carbocycles. The van der Waals surface area contributed by atoms with Crippen LogP contribution in [0.4, 0.5) is 5.13 Å². The van der Waals surface area contributed by atoms with E-state index in [-0.39, 0.29) is 23.3 Å². The molecule has 3 rings (SSSR count). The number of nitrogens with zero attached hydrogens (tertiary/aromatic N) is 3. The van der Waals surface area contributed by atoms with Gasteiger partial charge in [0.2, 0.25) is 11.3 Å². The van der Waals surface area contributed by atoms with Crippen LogP contribution < -0.4 is 10.7 Å². The summed E-state index contributed by atoms with van der Waals surface area (Å²) in [5, 5.41) is 9.91. The van der Waals surface area contributed by atoms with Gasteiger partial charge in [0.25, 0.3) is 0 Å². The van der Waals surface area contributed by atoms with E-state index in [0.717, 1.165) is 5.69 Å². The molecule has 7 heteroatoms. The van der Waals surface area contributed by atoms with Crippen molar-refractivity contribution in [3.05, 3.63) is 51.8 Å². The van der Waals surface area contributed by atoms with Crippen molar-refractivity contribution in [3.63, 3.8) is 0 Å². The van der Waals surface area contributed by atoms with E-state index in [1.807, 2.05) is 11.4 Å². The second-order valence-corrected chi connectivity index (χ2v) is 7.38. The summed E-state index contributed by atoms with van der Waals surface area (Å²) in [4.78, 5) is 28.6. The van der Waals surface area contributed by atoms with Crippen molar-refractivity contribution < 1.29 is 4.79 Å². The summed E-state index contributed by atoms with van der Waals surface area (Å²) in [7, 11) is 0. The van der Waals surface area contributed by atoms with E-state index in [0.29, 0.717) is 16.0 Å². The third kappa shape index (κ3) is 3.35. The summed E-state index contributed by atoms with van der Waals surface area (Å²) in [6, 6.07) is 7.11. The average Bonchev–Trinajstić information content (AvgIpc) is 2.99. The van der Waals surface area contributed by atoms with Gasteiger partial charge in [0.05, 0.1) is 17.4 Å². The average molecular weight is 342 g/mol. The SMILES string of the molecule is CC(C)(C)c1csc(NC(=O)Cn2ncc(=O)c3ccccc32)n1. The molecule has 6 nitrogen and oxygen atoms in total. The van der Waals surface area contributed by atoms with Crippen molar-refractivity contribution in [2.45, 2.75) is 32.7 Å². The first-order chi connectivity index (χ1) is 11.3. The standard InChI is InChI=1S/C17H18N4O2S/c1-17(2,3)14-10-24-16(19-14)20-15(23)9-21-12-7-5-4-6-11(12)13(22)8-18-21/h4-8,10H,9H2,1-3H3,(H,19,20,23). The highest BCUT2D eigenvalue weighted by molar-refractivity contribution is 7.13. The van der Waals surface area contributed by atoms with Crippen LogP contribution in [-0.4, -0.2) is 20.7 Å². The molecule has 0 atom stereocenters. The molecule has 0 aliphatic carbocycles. The molecule has 0 bridgehead atoms. The summed E-state index contributed by atoms with van der Waals surface area (Å²) < 4.78 is 1.52. The van der Waals surface area contributed by atoms with Gasteiger partial charge in [0.1, 0.15) is 6.54 Å². The number of rotatable bonds is 3. The number of amides is 1. The Kier molecular flexibility index (Phi) is 4.19. The molecule has 0 unspecified atom stereocenters. The fourth-order valence-corrected chi connectivity index (χ4v) is 3.21. The molecule has 2 aromatic heterocycles. The number of thiazole rings is 1. The Bertz CT molecular complexity index is 953. The van der Waals surface area contributed by atoms with Crippen LogP contribution in [0.15, 0.2) is 40.6 Å². The van der Waals surface area contributed by atoms with Crippen molar-refractivity contribution in [2.24, 2.45) is 0 Å². The van der Waals surface area contributed by atoms with E-state index in [1.165, 1.54) is 22.2 Å². The topological polar surface area (TPSA) is 76.9 Å². The van der Waals surface area contributed by atoms with Gasteiger partial charge in [0, 0.05) is 16.2 Å². The third-order valence-corrected chi connectivity index (χ3v) is 4.33. The van der Waals surface area contributed by atoms with Crippen molar-refractivity contribution in [1.82, 2.24) is 14.8 Å². The number of aromatic nitrogens is 3. The smallest absolute Gasteiger partial charge is 0.247 e. The number of anilines is 1. The zero-order valence-electron chi connectivity index (χ0n) is 13.7. The van der Waals surface area contributed by atoms with E-state index in [2.05, 4.69) is 36.2 Å². The quantitative estimate of drug-likeness (QED) is 0.794. The lowest BCUT2D eigenvalue weighted by Crippen LogP contribution is -2.22. The van der Waals surface area contributed by atoms with Crippen LogP contribution in [0.2, 0.25) is 0 Å². The van der Waals surface area contributed by atoms with Crippen LogP contribution in [0.3, 0.4) is 0 Å². The first kappa shape index (κ1) is 16.3. The molecule has 24 heavy (non-hydrogen) atoms. The van der Waals surface area contributed by atoms with Crippen LogP contribution in [0, 0.1) is 0 Å². The molecule has 0 fully saturated rings. The van der Waals surface area contributed by atoms with E-state index in [9.17, 15) is 9.59 Å². The van der Waals surface area contributed by atoms with Crippen molar-refractivity contribution in [2.75, 3.05) is 5.32 Å². The number of fused-ring (bicyclic) bond motifs is 1. The summed E-state index contributed by atoms with van der Waals surface area (Å²) in [6.45, 7) is 6.24. The minimum absolute atomic E-state index is 0.0191. The Hall–Kier alpha value is -2.54. The predicted molar refractivity (Wildman–Crippen MR) is 95.4 cm³/mol. The number of carbonyl (C=O) groups is 1. The maximum absolute atomic E-state index is 12.3. The Morgan fingerprint density at radius 1 is 1.29 bits per heavy atom. The lowest BCUT2D eigenvalue weighted by atomic mass is 9.93. The van der Waals surface area contributed by atoms with Crippen LogP contribution in [0.5, 0.6) is 0 Å². The molecule has 1 amide bonds. The Morgan fingerprint density at radius 3 is 2.75 bits per heavy atom. The second-order valence-electron chi connectivity index (χ2n) is 6.52. The highest BCUT2D eigenvalue weighted by Crippen LogP contribution is 2.26. The molecule has 0 aliphatic rings. The van der Waals surface area contributed by atoms with Crippen LogP contribution in [-0.2, 0) is 16.8 Å². The maximum atomic E-state index is 12.3. The van der Waals surface area contributed by atoms with Gasteiger partial charge in [-0.15, -0.1) is 11.3 Å². The third-order valence-electron chi connectivity index (χ3n) is 3.57. The molecule has 3 aromatic rings. The van der Waals surface area contributed by atoms with Crippen molar-refractivity contribution >= 4 is 33.3 Å². The molecule has 1 aromatic carbocycles. The van der Waals surface area contributed by atoms with E-state index >= 15 is 0 Å². The van der Waals surface area contributed by atoms with Gasteiger partial charge in [-0.25, -0.2) is 4.98 Å². The summed E-state index contributed by atoms with van der Waals surface area (Å²) in [5.74, 6) is -0.230. The van der Waals surface area contributed by atoms with Gasteiger partial charge in [0.15, 0.2) is 5.13 Å². The minimum Gasteiger partial charge on any atom is -0.300 e. The fraction of sp³-hybridized carbons (Fsp3) is 0.294. The summed E-state index contributed by atoms with van der Waals surface area (Å²) in [6.07, 6.45) is 1.23. The zero-order chi connectivity index (χ0) is 17.3. The summed E-state index contributed by atoms with van der Waals surface area (Å²) >= 11 is 1.40. The van der Waals surface area contributed by atoms with Gasteiger partial charge in [-0.3, -0.25) is 14.3 Å². The van der Waals surface area contributed by atoms with Crippen LogP contribution >= 0.6 is 11.3 Å². The van der Waals surface area contributed by atoms with Gasteiger partial charge in [-0.2, -0.15) is 5.10 Å². The molecule has 0 spiro atoms. The molecular weight excluding hydrogens is 324 g/mol. The first-order valence-electron chi connectivity index (χ1n) is 7.55. The van der Waals surface area contributed by atoms with Gasteiger partial charge in [-0.1, -0.05) is 32.9 Å². The number of nitrogens with one attached hydrogen (secondary N) is 1. The maximum Gasteiger partial charge on any atom is 0.247 e. The Labute approximate surface area is 143 Å². The number of hydrogen-bond acceptors (Lipinski definition) is 5. The van der Waals surface area contributed by atoms with Gasteiger partial charge < -0.3 is 5.32 Å². The van der Waals surface area contributed by atoms with Gasteiger partial charge in [-0.05, 0) is 12.1 Å². The molecule has 2 heterocycles. The molecule has 124 valence electrons. The normalized spacial score (nSPS) is 11.6. The predicted octanol–water partition coefficient (Wildman–Crippen LogP) is 2.79. The van der Waals surface area contributed by atoms with Gasteiger partial charge >= 0.3 is 0 Å². The summed E-state index contributed by atoms with van der Waals surface area (Å²) in [5.41, 5.74) is 1.36. The number of carbonyl (C=O) groups excluding carboxylic acids is 1. The van der Waals surface area contributed by atoms with Crippen molar-refractivity contribution in [1.29, 1.82) is 0 Å². The highest BCUT2D eigenvalue weighted by atomic mass is 32.1. The number of benzene rings is 1. The Morgan fingerprint density at radius 2 is 2.04 bits per heavy atom. The number of para-hydroxylation sites is 1. The molecular formula is C17H18N4O2S. The fourth-order valence-electron chi connectivity index (χ4n) is 2.26. The van der Waals surface area contributed by atoms with Crippen molar-refractivity contribution in [3.8, 4) is 0 Å². The number of hydrogen-bond donors (Lipinski definition) is 1. The largest absolute Gasteiger partial charge is 0.300 e. The minimum atomic E-state index is -0.230. The van der Waals surface area contributed by atoms with E-state index in [1.54, 1.807) is 18.2 Å². The molecule has 0 aliphatic heterocycles. The zero-order valence-corrected chi connectivity index (χ0v) is 14.6. The molecule has 1 N–H and O–H groups in total. The Balaban J connectivity index is 1.80. The monoisotopic (exact) mass is 342 g/mol. The van der Waals surface area contributed by atoms with E-state index in [4.69, 9.17) is 0 Å². The van der Waals surface area contributed by atoms with E-state index < -0.39 is 0 Å². The molecule has 0 saturated heterocycles.